The molecular formula is C12H13N3. The first-order chi connectivity index (χ1) is 9.31. The molecule has 0 amide bonds. The minimum atomic E-state index is -0.424. The second-order valence-electron chi connectivity index (χ2n) is 3.10. The normalized spacial score (nSPS) is 14.7. The molecule has 0 saturated carbocycles. The molecule has 76 valence electrons. The average molecular weight is 204 g/mol. The van der Waals surface area contributed by atoms with E-state index >= 15 is 0 Å². The molecule has 1 aromatic heterocycles. The third-order valence-corrected chi connectivity index (χ3v) is 1.72. The zero-order valence-corrected chi connectivity index (χ0v) is 8.47. The molecule has 0 bridgehead atoms. The molecule has 2 aromatic rings. The van der Waals surface area contributed by atoms with Gasteiger partial charge in [-0.25, -0.2) is 9.97 Å². The topological polar surface area (TPSA) is 37.8 Å². The van der Waals surface area contributed by atoms with E-state index in [-0.39, 0.29) is 23.7 Å². The van der Waals surface area contributed by atoms with Gasteiger partial charge in [-0.2, -0.15) is 0 Å². The number of hydrogen-bond donors (Lipinski definition) is 1. The number of nitrogens with zero attached hydrogens (tertiary/aromatic N) is 2. The van der Waals surface area contributed by atoms with Crippen LogP contribution in [0.2, 0.25) is 0 Å². The number of hydrogen-bond acceptors (Lipinski definition) is 3. The van der Waals surface area contributed by atoms with Gasteiger partial charge in [-0.3, -0.25) is 0 Å². The zero-order chi connectivity index (χ0) is 15.0. The Balaban J connectivity index is 2.54. The van der Waals surface area contributed by atoms with E-state index in [1.54, 1.807) is 19.9 Å². The largest absolute Gasteiger partial charge is 0.324 e. The van der Waals surface area contributed by atoms with Crippen molar-refractivity contribution in [2.24, 2.45) is 0 Å². The van der Waals surface area contributed by atoms with Gasteiger partial charge in [0.1, 0.15) is 0 Å². The van der Waals surface area contributed by atoms with Crippen LogP contribution in [0, 0.1) is 13.8 Å². The molecule has 0 unspecified atom stereocenters. The van der Waals surface area contributed by atoms with Crippen molar-refractivity contribution in [1.29, 1.82) is 0 Å². The van der Waals surface area contributed by atoms with Gasteiger partial charge < -0.3 is 5.32 Å². The van der Waals surface area contributed by atoms with E-state index in [1.165, 1.54) is 0 Å². The Labute approximate surface area is 96.2 Å². The number of anilines is 2. The summed E-state index contributed by atoms with van der Waals surface area (Å²) in [7, 11) is 0. The molecule has 0 saturated heterocycles. The molecule has 0 aliphatic carbocycles. The second-order valence-corrected chi connectivity index (χ2v) is 3.10. The van der Waals surface area contributed by atoms with Crippen molar-refractivity contribution in [2.45, 2.75) is 13.8 Å². The van der Waals surface area contributed by atoms with Gasteiger partial charge in [-0.05, 0) is 32.0 Å². The van der Waals surface area contributed by atoms with Crippen molar-refractivity contribution < 1.29 is 6.85 Å². The summed E-state index contributed by atoms with van der Waals surface area (Å²) in [6.07, 6.45) is 0. The Kier molecular flexibility index (Phi) is 1.43. The van der Waals surface area contributed by atoms with Crippen molar-refractivity contribution in [3.8, 4) is 0 Å². The maximum atomic E-state index is 7.80. The van der Waals surface area contributed by atoms with E-state index in [2.05, 4.69) is 15.3 Å². The molecule has 3 nitrogen and oxygen atoms in total. The van der Waals surface area contributed by atoms with E-state index in [0.29, 0.717) is 0 Å². The number of nitrogens with one attached hydrogen (secondary N) is 1. The van der Waals surface area contributed by atoms with E-state index in [9.17, 15) is 0 Å². The summed E-state index contributed by atoms with van der Waals surface area (Å²) in [6, 6.07) is -0.0344. The first kappa shape index (κ1) is 5.26. The Morgan fingerprint density at radius 1 is 1.07 bits per heavy atom. The molecule has 1 aromatic carbocycles. The van der Waals surface area contributed by atoms with Crippen LogP contribution < -0.4 is 5.32 Å². The van der Waals surface area contributed by atoms with Gasteiger partial charge in [-0.1, -0.05) is 18.1 Å². The molecule has 0 radical (unpaired) electrons. The smallest absolute Gasteiger partial charge is 0.227 e. The Hall–Kier alpha value is -1.90. The molecule has 15 heavy (non-hydrogen) atoms. The maximum absolute atomic E-state index is 7.80. The minimum absolute atomic E-state index is 0.0269. The molecule has 2 rings (SSSR count). The third kappa shape index (κ3) is 2.53. The number of para-hydroxylation sites is 1. The Morgan fingerprint density at radius 2 is 1.67 bits per heavy atom. The SMILES string of the molecule is [2H]c1c([2H])c([2H])c(Nc2nc(C)cc(C)n2)c([2H])c1[2H]. The summed E-state index contributed by atoms with van der Waals surface area (Å²) in [5, 5.41) is 2.71. The Bertz CT molecular complexity index is 638. The average Bonchev–Trinajstić information content (AvgIpc) is 2.38. The highest BCUT2D eigenvalue weighted by molar-refractivity contribution is 5.52. The van der Waals surface area contributed by atoms with E-state index < -0.39 is 18.1 Å². The highest BCUT2D eigenvalue weighted by Gasteiger charge is 1.98. The molecule has 3 heteroatoms. The van der Waals surface area contributed by atoms with Crippen LogP contribution in [0.15, 0.2) is 36.3 Å². The number of rotatable bonds is 2. The van der Waals surface area contributed by atoms with Crippen LogP contribution in [-0.4, -0.2) is 9.97 Å². The van der Waals surface area contributed by atoms with Gasteiger partial charge in [0.2, 0.25) is 5.95 Å². The third-order valence-electron chi connectivity index (χ3n) is 1.72. The van der Waals surface area contributed by atoms with Crippen LogP contribution in [0.5, 0.6) is 0 Å². The molecular weight excluding hydrogens is 186 g/mol. The fraction of sp³-hybridized carbons (Fsp3) is 0.167. The second kappa shape index (κ2) is 4.09. The molecule has 0 spiro atoms. The quantitative estimate of drug-likeness (QED) is 0.817. The van der Waals surface area contributed by atoms with Gasteiger partial charge in [0, 0.05) is 17.1 Å². The Morgan fingerprint density at radius 3 is 2.27 bits per heavy atom. The summed E-state index contributed by atoms with van der Waals surface area (Å²) in [5.74, 6) is 0.209. The van der Waals surface area contributed by atoms with Crippen LogP contribution >= 0.6 is 0 Å². The van der Waals surface area contributed by atoms with Gasteiger partial charge in [0.05, 0.1) is 6.85 Å². The van der Waals surface area contributed by atoms with Crippen LogP contribution in [0.25, 0.3) is 0 Å². The van der Waals surface area contributed by atoms with Crippen molar-refractivity contribution >= 4 is 11.6 Å². The highest BCUT2D eigenvalue weighted by Crippen LogP contribution is 2.12. The van der Waals surface area contributed by atoms with Crippen LogP contribution in [0.4, 0.5) is 11.6 Å². The minimum Gasteiger partial charge on any atom is -0.324 e. The lowest BCUT2D eigenvalue weighted by atomic mass is 10.3. The van der Waals surface area contributed by atoms with Crippen LogP contribution in [0.1, 0.15) is 18.2 Å². The molecule has 0 fully saturated rings. The van der Waals surface area contributed by atoms with E-state index in [1.807, 2.05) is 0 Å². The molecule has 1 heterocycles. The lowest BCUT2D eigenvalue weighted by Gasteiger charge is -2.05. The molecule has 0 aliphatic heterocycles. The first-order valence-electron chi connectivity index (χ1n) is 6.97. The van der Waals surface area contributed by atoms with Crippen molar-refractivity contribution in [3.63, 3.8) is 0 Å². The van der Waals surface area contributed by atoms with Gasteiger partial charge in [0.15, 0.2) is 0 Å². The lowest BCUT2D eigenvalue weighted by Crippen LogP contribution is -1.99. The maximum Gasteiger partial charge on any atom is 0.227 e. The first-order valence-corrected chi connectivity index (χ1v) is 4.47. The van der Waals surface area contributed by atoms with Crippen LogP contribution in [-0.2, 0) is 0 Å². The lowest BCUT2D eigenvalue weighted by molar-refractivity contribution is 1.06. The van der Waals surface area contributed by atoms with Crippen LogP contribution in [0.3, 0.4) is 0 Å². The standard InChI is InChI=1S/C12H13N3/c1-9-8-10(2)14-12(13-9)15-11-6-4-3-5-7-11/h3-8H,1-2H3,(H,13,14,15)/i3D,4D,5D,6D,7D. The number of benzene rings is 1. The summed E-state index contributed by atoms with van der Waals surface area (Å²) >= 11 is 0. The fourth-order valence-corrected chi connectivity index (χ4v) is 1.21. The molecule has 0 atom stereocenters. The molecule has 0 aliphatic rings. The summed E-state index contributed by atoms with van der Waals surface area (Å²) < 4.78 is 38.3. The number of aromatic nitrogens is 2. The summed E-state index contributed by atoms with van der Waals surface area (Å²) in [5.41, 5.74) is 1.43. The predicted octanol–water partition coefficient (Wildman–Crippen LogP) is 2.84. The number of aryl methyl sites for hydroxylation is 2. The van der Waals surface area contributed by atoms with Gasteiger partial charge in [0.25, 0.3) is 0 Å². The summed E-state index contributed by atoms with van der Waals surface area (Å²) in [6.45, 7) is 3.59. The van der Waals surface area contributed by atoms with Crippen molar-refractivity contribution in [1.82, 2.24) is 9.97 Å². The van der Waals surface area contributed by atoms with Gasteiger partial charge >= 0.3 is 0 Å². The van der Waals surface area contributed by atoms with Crippen molar-refractivity contribution in [2.75, 3.05) is 5.32 Å². The summed E-state index contributed by atoms with van der Waals surface area (Å²) in [4.78, 5) is 8.27. The zero-order valence-electron chi connectivity index (χ0n) is 13.5. The van der Waals surface area contributed by atoms with Crippen molar-refractivity contribution in [3.05, 3.63) is 47.7 Å². The monoisotopic (exact) mass is 204 g/mol. The highest BCUT2D eigenvalue weighted by atomic mass is 15.1. The van der Waals surface area contributed by atoms with E-state index in [0.717, 1.165) is 11.4 Å². The molecule has 1 N–H and O–H groups in total. The predicted molar refractivity (Wildman–Crippen MR) is 61.2 cm³/mol. The fourth-order valence-electron chi connectivity index (χ4n) is 1.21. The van der Waals surface area contributed by atoms with Gasteiger partial charge in [-0.15, -0.1) is 0 Å². The van der Waals surface area contributed by atoms with E-state index in [4.69, 9.17) is 6.85 Å².